The molecule has 0 aromatic heterocycles. The summed E-state index contributed by atoms with van der Waals surface area (Å²) in [5, 5.41) is 7.35. The molecule has 1 heteroatoms. The van der Waals surface area contributed by atoms with Crippen LogP contribution in [0.3, 0.4) is 0 Å². The van der Waals surface area contributed by atoms with Crippen LogP contribution < -0.4 is 0 Å². The molecule has 0 fully saturated rings. The van der Waals surface area contributed by atoms with E-state index in [0.29, 0.717) is 5.71 Å². The average Bonchev–Trinajstić information content (AvgIpc) is 2.37. The average molecular weight is 121 g/mol. The van der Waals surface area contributed by atoms with Crippen molar-refractivity contribution in [3.8, 4) is 0 Å². The Morgan fingerprint density at radius 2 is 2.56 bits per heavy atom. The minimum absolute atomic E-state index is 0.604. The molecule has 0 radical (unpaired) electrons. The minimum Gasteiger partial charge on any atom is -0.301 e. The van der Waals surface area contributed by atoms with Gasteiger partial charge in [0, 0.05) is 0 Å². The molecular weight excluding hydrogens is 110 g/mol. The van der Waals surface area contributed by atoms with Crippen molar-refractivity contribution in [3.63, 3.8) is 0 Å². The Morgan fingerprint density at radius 1 is 1.78 bits per heavy atom. The molecule has 0 spiro atoms. The summed E-state index contributed by atoms with van der Waals surface area (Å²) in [6.07, 6.45) is 7.17. The van der Waals surface area contributed by atoms with Gasteiger partial charge in [0.15, 0.2) is 0 Å². The number of hydrogen-bond acceptors (Lipinski definition) is 1. The van der Waals surface area contributed by atoms with E-state index >= 15 is 0 Å². The molecule has 0 aliphatic heterocycles. The van der Waals surface area contributed by atoms with Crippen LogP contribution in [-0.4, -0.2) is 5.71 Å². The van der Waals surface area contributed by atoms with Crippen molar-refractivity contribution >= 4 is 5.71 Å². The molecule has 1 rings (SSSR count). The Bertz CT molecular complexity index is 165. The minimum atomic E-state index is 0.604. The topological polar surface area (TPSA) is 23.9 Å². The molecule has 0 atom stereocenters. The lowest BCUT2D eigenvalue weighted by Crippen LogP contribution is -1.91. The normalized spacial score (nSPS) is 17.1. The predicted molar refractivity (Wildman–Crippen MR) is 39.9 cm³/mol. The number of rotatable bonds is 2. The van der Waals surface area contributed by atoms with Crippen LogP contribution in [0.15, 0.2) is 24.3 Å². The fourth-order valence-electron chi connectivity index (χ4n) is 1.05. The van der Waals surface area contributed by atoms with Gasteiger partial charge >= 0.3 is 0 Å². The number of allylic oxidation sites excluding steroid dienone is 3. The molecule has 1 aliphatic rings. The lowest BCUT2D eigenvalue weighted by molar-refractivity contribution is 0.920. The summed E-state index contributed by atoms with van der Waals surface area (Å²) in [6, 6.07) is 0. The predicted octanol–water partition coefficient (Wildman–Crippen LogP) is 2.30. The molecule has 1 N–H and O–H groups in total. The largest absolute Gasteiger partial charge is 0.301 e. The van der Waals surface area contributed by atoms with Gasteiger partial charge in [0.1, 0.15) is 0 Å². The second-order valence-corrected chi connectivity index (χ2v) is 2.24. The highest BCUT2D eigenvalue weighted by atomic mass is 14.4. The van der Waals surface area contributed by atoms with E-state index in [1.807, 2.05) is 0 Å². The van der Waals surface area contributed by atoms with Gasteiger partial charge < -0.3 is 5.41 Å². The zero-order valence-electron chi connectivity index (χ0n) is 5.48. The highest BCUT2D eigenvalue weighted by molar-refractivity contribution is 6.05. The Morgan fingerprint density at radius 3 is 3.00 bits per heavy atom. The maximum Gasteiger partial charge on any atom is 0.0562 e. The summed E-state index contributed by atoms with van der Waals surface area (Å²) in [5.41, 5.74) is 1.78. The standard InChI is InChI=1S/C8H11N/c1-2-8(9)7-5-3-4-6-7/h2,5,9H,1,3-4,6H2. The molecule has 1 nitrogen and oxygen atoms in total. The van der Waals surface area contributed by atoms with Crippen molar-refractivity contribution in [3.05, 3.63) is 24.3 Å². The quantitative estimate of drug-likeness (QED) is 0.542. The van der Waals surface area contributed by atoms with Crippen LogP contribution in [0.5, 0.6) is 0 Å². The molecule has 0 unspecified atom stereocenters. The first-order valence-corrected chi connectivity index (χ1v) is 3.25. The van der Waals surface area contributed by atoms with E-state index in [0.717, 1.165) is 12.8 Å². The third-order valence-corrected chi connectivity index (χ3v) is 1.59. The molecule has 48 valence electrons. The summed E-state index contributed by atoms with van der Waals surface area (Å²) in [4.78, 5) is 0. The molecule has 0 heterocycles. The van der Waals surface area contributed by atoms with Crippen LogP contribution in [0.25, 0.3) is 0 Å². The van der Waals surface area contributed by atoms with Gasteiger partial charge in [-0.25, -0.2) is 0 Å². The molecule has 1 aliphatic carbocycles. The zero-order valence-corrected chi connectivity index (χ0v) is 5.48. The summed E-state index contributed by atoms with van der Waals surface area (Å²) in [5.74, 6) is 0. The lowest BCUT2D eigenvalue weighted by Gasteiger charge is -1.94. The molecule has 0 aromatic rings. The Balaban J connectivity index is 2.61. The van der Waals surface area contributed by atoms with Gasteiger partial charge in [-0.1, -0.05) is 12.7 Å². The molecule has 9 heavy (non-hydrogen) atoms. The maximum atomic E-state index is 7.35. The van der Waals surface area contributed by atoms with Crippen LogP contribution >= 0.6 is 0 Å². The second-order valence-electron chi connectivity index (χ2n) is 2.24. The summed E-state index contributed by atoms with van der Waals surface area (Å²) < 4.78 is 0. The van der Waals surface area contributed by atoms with E-state index in [9.17, 15) is 0 Å². The van der Waals surface area contributed by atoms with E-state index in [4.69, 9.17) is 5.41 Å². The maximum absolute atomic E-state index is 7.35. The van der Waals surface area contributed by atoms with Crippen molar-refractivity contribution in [1.29, 1.82) is 5.41 Å². The molecular formula is C8H11N. The first-order valence-electron chi connectivity index (χ1n) is 3.25. The molecule has 0 saturated heterocycles. The van der Waals surface area contributed by atoms with Gasteiger partial charge in [-0.2, -0.15) is 0 Å². The van der Waals surface area contributed by atoms with Gasteiger partial charge in [-0.15, -0.1) is 0 Å². The van der Waals surface area contributed by atoms with Crippen LogP contribution in [0.4, 0.5) is 0 Å². The van der Waals surface area contributed by atoms with E-state index in [-0.39, 0.29) is 0 Å². The molecule has 0 aromatic carbocycles. The fraction of sp³-hybridized carbons (Fsp3) is 0.375. The van der Waals surface area contributed by atoms with Crippen LogP contribution in [-0.2, 0) is 0 Å². The van der Waals surface area contributed by atoms with Crippen molar-refractivity contribution in [2.45, 2.75) is 19.3 Å². The first kappa shape index (κ1) is 6.27. The van der Waals surface area contributed by atoms with Crippen LogP contribution in [0.1, 0.15) is 19.3 Å². The van der Waals surface area contributed by atoms with Gasteiger partial charge in [-0.3, -0.25) is 0 Å². The molecule has 0 amide bonds. The highest BCUT2D eigenvalue weighted by Gasteiger charge is 2.05. The van der Waals surface area contributed by atoms with Gasteiger partial charge in [-0.05, 0) is 30.9 Å². The fourth-order valence-corrected chi connectivity index (χ4v) is 1.05. The smallest absolute Gasteiger partial charge is 0.0562 e. The molecule has 0 bridgehead atoms. The van der Waals surface area contributed by atoms with E-state index in [2.05, 4.69) is 12.7 Å². The third kappa shape index (κ3) is 1.28. The second kappa shape index (κ2) is 2.62. The number of hydrogen-bond donors (Lipinski definition) is 1. The monoisotopic (exact) mass is 121 g/mol. The van der Waals surface area contributed by atoms with E-state index in [1.165, 1.54) is 12.0 Å². The summed E-state index contributed by atoms with van der Waals surface area (Å²) in [7, 11) is 0. The van der Waals surface area contributed by atoms with Gasteiger partial charge in [0.2, 0.25) is 0 Å². The van der Waals surface area contributed by atoms with E-state index < -0.39 is 0 Å². The summed E-state index contributed by atoms with van der Waals surface area (Å²) in [6.45, 7) is 3.54. The third-order valence-electron chi connectivity index (χ3n) is 1.59. The zero-order chi connectivity index (χ0) is 6.69. The SMILES string of the molecule is C=CC(=N)C1=CCCC1. The van der Waals surface area contributed by atoms with Crippen LogP contribution in [0, 0.1) is 5.41 Å². The lowest BCUT2D eigenvalue weighted by atomic mass is 10.1. The van der Waals surface area contributed by atoms with Gasteiger partial charge in [0.05, 0.1) is 5.71 Å². The van der Waals surface area contributed by atoms with Crippen LogP contribution in [0.2, 0.25) is 0 Å². The molecule has 0 saturated carbocycles. The Labute approximate surface area is 55.6 Å². The van der Waals surface area contributed by atoms with Crippen molar-refractivity contribution < 1.29 is 0 Å². The Kier molecular flexibility index (Phi) is 1.83. The van der Waals surface area contributed by atoms with Gasteiger partial charge in [0.25, 0.3) is 0 Å². The van der Waals surface area contributed by atoms with Crippen molar-refractivity contribution in [2.75, 3.05) is 0 Å². The Hall–Kier alpha value is -0.850. The first-order chi connectivity index (χ1) is 4.34. The van der Waals surface area contributed by atoms with Crippen molar-refractivity contribution in [2.24, 2.45) is 0 Å². The highest BCUT2D eigenvalue weighted by Crippen LogP contribution is 2.18. The van der Waals surface area contributed by atoms with E-state index in [1.54, 1.807) is 6.08 Å². The number of nitrogens with one attached hydrogen (secondary N) is 1. The summed E-state index contributed by atoms with van der Waals surface area (Å²) >= 11 is 0. The van der Waals surface area contributed by atoms with Crippen molar-refractivity contribution in [1.82, 2.24) is 0 Å².